The van der Waals surface area contributed by atoms with Crippen molar-refractivity contribution in [1.82, 2.24) is 20.2 Å². The van der Waals surface area contributed by atoms with Gasteiger partial charge in [-0.05, 0) is 18.1 Å². The number of aromatic amines is 1. The summed E-state index contributed by atoms with van der Waals surface area (Å²) in [5.74, 6) is -1.16. The molecule has 0 saturated heterocycles. The highest BCUT2D eigenvalue weighted by molar-refractivity contribution is 6.30. The third-order valence-electron chi connectivity index (χ3n) is 5.39. The van der Waals surface area contributed by atoms with Gasteiger partial charge in [0.15, 0.2) is 0 Å². The van der Waals surface area contributed by atoms with Gasteiger partial charge in [0.25, 0.3) is 0 Å². The Labute approximate surface area is 173 Å². The van der Waals surface area contributed by atoms with Crippen molar-refractivity contribution in [3.05, 3.63) is 52.3 Å². The molecule has 1 aliphatic rings. The van der Waals surface area contributed by atoms with Gasteiger partial charge >= 0.3 is 12.0 Å². The summed E-state index contributed by atoms with van der Waals surface area (Å²) in [6, 6.07) is 2.33. The molecule has 7 nitrogen and oxygen atoms in total. The molecule has 3 atom stereocenters. The molecule has 0 saturated carbocycles. The van der Waals surface area contributed by atoms with Crippen LogP contribution >= 0.6 is 11.6 Å². The van der Waals surface area contributed by atoms with E-state index in [1.165, 1.54) is 24.4 Å². The van der Waals surface area contributed by atoms with Crippen molar-refractivity contribution >= 4 is 23.6 Å². The second-order valence-electron chi connectivity index (χ2n) is 7.11. The highest BCUT2D eigenvalue weighted by Gasteiger charge is 2.37. The molecule has 1 aromatic heterocycles. The van der Waals surface area contributed by atoms with E-state index >= 15 is 0 Å². The molecule has 0 aliphatic carbocycles. The molecule has 156 valence electrons. The number of urea groups is 1. The van der Waals surface area contributed by atoms with E-state index in [9.17, 15) is 14.0 Å². The van der Waals surface area contributed by atoms with Crippen LogP contribution in [0.15, 0.2) is 24.5 Å². The van der Waals surface area contributed by atoms with Crippen LogP contribution in [0.3, 0.4) is 0 Å². The normalized spacial score (nSPS) is 18.0. The van der Waals surface area contributed by atoms with Crippen molar-refractivity contribution in [2.45, 2.75) is 38.8 Å². The van der Waals surface area contributed by atoms with E-state index in [-0.39, 0.29) is 16.5 Å². The van der Waals surface area contributed by atoms with Crippen molar-refractivity contribution in [3.8, 4) is 0 Å². The minimum atomic E-state index is -0.797. The second kappa shape index (κ2) is 8.82. The number of hydrogen-bond donors (Lipinski definition) is 2. The van der Waals surface area contributed by atoms with Crippen molar-refractivity contribution in [1.29, 1.82) is 0 Å². The van der Waals surface area contributed by atoms with Gasteiger partial charge in [0.1, 0.15) is 17.9 Å². The molecule has 2 heterocycles. The number of esters is 1. The third kappa shape index (κ3) is 4.22. The number of fused-ring (bicyclic) bond motifs is 1. The van der Waals surface area contributed by atoms with Gasteiger partial charge in [0, 0.05) is 29.2 Å². The summed E-state index contributed by atoms with van der Waals surface area (Å²) in [5.41, 5.74) is 1.71. The Hall–Kier alpha value is -2.61. The number of amides is 2. The van der Waals surface area contributed by atoms with Gasteiger partial charge in [-0.15, -0.1) is 0 Å². The standard InChI is InChI=1S/C20H24ClFN4O3/c1-4-11(2)16(19(27)29-3)25-20(28)26-8-7-15-17(24-10-23-15)18(26)13-6-5-12(21)9-14(13)22/h5-6,9-11,16,18H,4,7-8H2,1-3H3,(H,23,24)(H,25,28)/t11-,16-,18-/m0/s1. The van der Waals surface area contributed by atoms with Crippen LogP contribution in [0, 0.1) is 11.7 Å². The first-order chi connectivity index (χ1) is 13.9. The summed E-state index contributed by atoms with van der Waals surface area (Å²) in [7, 11) is 1.28. The van der Waals surface area contributed by atoms with Gasteiger partial charge in [0.2, 0.25) is 0 Å². The van der Waals surface area contributed by atoms with Crippen LogP contribution in [0.25, 0.3) is 0 Å². The fourth-order valence-electron chi connectivity index (χ4n) is 3.55. The van der Waals surface area contributed by atoms with Crippen molar-refractivity contribution in [2.75, 3.05) is 13.7 Å². The maximum Gasteiger partial charge on any atom is 0.328 e. The van der Waals surface area contributed by atoms with Gasteiger partial charge in [0.05, 0.1) is 19.1 Å². The number of ether oxygens (including phenoxy) is 1. The molecule has 0 fully saturated rings. The highest BCUT2D eigenvalue weighted by atomic mass is 35.5. The predicted molar refractivity (Wildman–Crippen MR) is 106 cm³/mol. The van der Waals surface area contributed by atoms with E-state index in [1.54, 1.807) is 12.1 Å². The molecule has 9 heteroatoms. The molecule has 0 radical (unpaired) electrons. The average Bonchev–Trinajstić information content (AvgIpc) is 3.19. The Bertz CT molecular complexity index is 904. The zero-order valence-electron chi connectivity index (χ0n) is 16.5. The number of H-pyrrole nitrogens is 1. The SMILES string of the molecule is CC[C@H](C)[C@H](NC(=O)N1CCc2[nH]cnc2[C@@H]1c1ccc(Cl)cc1F)C(=O)OC. The van der Waals surface area contributed by atoms with Gasteiger partial charge in [-0.25, -0.2) is 19.0 Å². The molecular formula is C20H24ClFN4O3. The van der Waals surface area contributed by atoms with Gasteiger partial charge in [-0.3, -0.25) is 0 Å². The highest BCUT2D eigenvalue weighted by Crippen LogP contribution is 2.35. The van der Waals surface area contributed by atoms with Gasteiger partial charge in [-0.2, -0.15) is 0 Å². The fourth-order valence-corrected chi connectivity index (χ4v) is 3.70. The number of rotatable bonds is 5. The number of aromatic nitrogens is 2. The Morgan fingerprint density at radius 2 is 2.24 bits per heavy atom. The van der Waals surface area contributed by atoms with Crippen LogP contribution in [0.5, 0.6) is 0 Å². The number of methoxy groups -OCH3 is 1. The van der Waals surface area contributed by atoms with Crippen LogP contribution in [-0.2, 0) is 16.0 Å². The number of nitrogens with zero attached hydrogens (tertiary/aromatic N) is 2. The van der Waals surface area contributed by atoms with Crippen molar-refractivity contribution in [3.63, 3.8) is 0 Å². The molecular weight excluding hydrogens is 399 g/mol. The van der Waals surface area contributed by atoms with Crippen LogP contribution in [0.1, 0.15) is 43.3 Å². The zero-order chi connectivity index (χ0) is 21.1. The number of hydrogen-bond acceptors (Lipinski definition) is 4. The summed E-state index contributed by atoms with van der Waals surface area (Å²) in [6.07, 6.45) is 2.75. The van der Waals surface area contributed by atoms with Crippen LogP contribution in [-0.4, -0.2) is 46.6 Å². The molecule has 3 rings (SSSR count). The predicted octanol–water partition coefficient (Wildman–Crippen LogP) is 3.45. The summed E-state index contributed by atoms with van der Waals surface area (Å²) >= 11 is 5.90. The minimum Gasteiger partial charge on any atom is -0.467 e. The zero-order valence-corrected chi connectivity index (χ0v) is 17.3. The van der Waals surface area contributed by atoms with Crippen molar-refractivity contribution < 1.29 is 18.7 Å². The molecule has 1 aromatic carbocycles. The average molecular weight is 423 g/mol. The minimum absolute atomic E-state index is 0.122. The number of carbonyl (C=O) groups excluding carboxylic acids is 2. The number of nitrogens with one attached hydrogen (secondary N) is 2. The Kier molecular flexibility index (Phi) is 6.42. The molecule has 2 aromatic rings. The summed E-state index contributed by atoms with van der Waals surface area (Å²) < 4.78 is 19.6. The third-order valence-corrected chi connectivity index (χ3v) is 5.63. The van der Waals surface area contributed by atoms with E-state index in [4.69, 9.17) is 16.3 Å². The maximum atomic E-state index is 14.7. The topological polar surface area (TPSA) is 87.3 Å². The number of halogens is 2. The molecule has 0 spiro atoms. The first-order valence-corrected chi connectivity index (χ1v) is 9.87. The van der Waals surface area contributed by atoms with E-state index in [2.05, 4.69) is 15.3 Å². The smallest absolute Gasteiger partial charge is 0.328 e. The summed E-state index contributed by atoms with van der Waals surface area (Å²) in [5, 5.41) is 3.03. The molecule has 1 aliphatic heterocycles. The first kappa shape index (κ1) is 21.1. The fraction of sp³-hybridized carbons (Fsp3) is 0.450. The lowest BCUT2D eigenvalue weighted by Crippen LogP contribution is -2.53. The van der Waals surface area contributed by atoms with E-state index < -0.39 is 29.9 Å². The molecule has 2 amide bonds. The van der Waals surface area contributed by atoms with Crippen LogP contribution in [0.2, 0.25) is 5.02 Å². The van der Waals surface area contributed by atoms with Crippen LogP contribution in [0.4, 0.5) is 9.18 Å². The Morgan fingerprint density at radius 1 is 1.48 bits per heavy atom. The van der Waals surface area contributed by atoms with Gasteiger partial charge in [-0.1, -0.05) is 37.9 Å². The summed E-state index contributed by atoms with van der Waals surface area (Å²) in [6.45, 7) is 4.12. The number of carbonyl (C=O) groups is 2. The molecule has 29 heavy (non-hydrogen) atoms. The Balaban J connectivity index is 1.96. The second-order valence-corrected chi connectivity index (χ2v) is 7.55. The van der Waals surface area contributed by atoms with E-state index in [0.29, 0.717) is 25.1 Å². The maximum absolute atomic E-state index is 14.7. The summed E-state index contributed by atoms with van der Waals surface area (Å²) in [4.78, 5) is 34.2. The van der Waals surface area contributed by atoms with Crippen molar-refractivity contribution in [2.24, 2.45) is 5.92 Å². The number of benzene rings is 1. The van der Waals surface area contributed by atoms with E-state index in [1.807, 2.05) is 13.8 Å². The van der Waals surface area contributed by atoms with Gasteiger partial charge < -0.3 is 19.9 Å². The largest absolute Gasteiger partial charge is 0.467 e. The first-order valence-electron chi connectivity index (χ1n) is 9.49. The Morgan fingerprint density at radius 3 is 2.90 bits per heavy atom. The monoisotopic (exact) mass is 422 g/mol. The van der Waals surface area contributed by atoms with Crippen LogP contribution < -0.4 is 5.32 Å². The lowest BCUT2D eigenvalue weighted by molar-refractivity contribution is -0.144. The molecule has 0 unspecified atom stereocenters. The molecule has 0 bridgehead atoms. The van der Waals surface area contributed by atoms with E-state index in [0.717, 1.165) is 5.69 Å². The number of imidazole rings is 1. The lowest BCUT2D eigenvalue weighted by Gasteiger charge is -2.36. The lowest BCUT2D eigenvalue weighted by atomic mass is 9.95. The molecule has 2 N–H and O–H groups in total. The quantitative estimate of drug-likeness (QED) is 0.722.